The number of halogens is 2. The Hall–Kier alpha value is -1.06. The molecule has 0 aromatic heterocycles. The summed E-state index contributed by atoms with van der Waals surface area (Å²) in [6.07, 6.45) is 1.33. The van der Waals surface area contributed by atoms with E-state index in [9.17, 15) is 0 Å². The van der Waals surface area contributed by atoms with Gasteiger partial charge in [-0.1, -0.05) is 54.1 Å². The van der Waals surface area contributed by atoms with Crippen molar-refractivity contribution in [2.24, 2.45) is 0 Å². The van der Waals surface area contributed by atoms with Crippen LogP contribution in [-0.2, 0) is 4.74 Å². The number of likely N-dealkylation sites (tertiary alicyclic amines) is 1. The molecule has 2 unspecified atom stereocenters. The molecular weight excluding hydrogens is 341 g/mol. The molecule has 1 saturated heterocycles. The molecule has 0 bridgehead atoms. The van der Waals surface area contributed by atoms with Crippen molar-refractivity contribution in [2.45, 2.75) is 38.5 Å². The zero-order valence-electron chi connectivity index (χ0n) is 14.2. The van der Waals surface area contributed by atoms with E-state index in [0.717, 1.165) is 30.1 Å². The van der Waals surface area contributed by atoms with E-state index in [0.29, 0.717) is 6.04 Å². The minimum Gasteiger partial charge on any atom is -0.364 e. The summed E-state index contributed by atoms with van der Waals surface area (Å²) in [6, 6.07) is 19.0. The van der Waals surface area contributed by atoms with Crippen molar-refractivity contribution in [3.8, 4) is 0 Å². The Morgan fingerprint density at radius 3 is 2.21 bits per heavy atom. The van der Waals surface area contributed by atoms with Crippen LogP contribution in [0.2, 0.25) is 5.02 Å². The first kappa shape index (κ1) is 19.3. The van der Waals surface area contributed by atoms with Gasteiger partial charge in [0.2, 0.25) is 0 Å². The summed E-state index contributed by atoms with van der Waals surface area (Å²) >= 11 is 6.04. The molecule has 2 aromatic carbocycles. The van der Waals surface area contributed by atoms with Crippen molar-refractivity contribution in [1.82, 2.24) is 4.90 Å². The number of hydrogen-bond acceptors (Lipinski definition) is 2. The molecule has 1 heterocycles. The summed E-state index contributed by atoms with van der Waals surface area (Å²) in [6.45, 7) is 6.62. The molecule has 3 rings (SSSR count). The van der Waals surface area contributed by atoms with Crippen molar-refractivity contribution in [3.63, 3.8) is 0 Å². The summed E-state index contributed by atoms with van der Waals surface area (Å²) in [5, 5.41) is 0.757. The highest BCUT2D eigenvalue weighted by Gasteiger charge is 2.28. The van der Waals surface area contributed by atoms with E-state index in [1.165, 1.54) is 5.56 Å². The lowest BCUT2D eigenvalue weighted by molar-refractivity contribution is 0.0126. The van der Waals surface area contributed by atoms with Crippen LogP contribution in [0.4, 0.5) is 0 Å². The lowest BCUT2D eigenvalue weighted by Crippen LogP contribution is -2.30. The fourth-order valence-electron chi connectivity index (χ4n) is 3.14. The molecule has 130 valence electrons. The van der Waals surface area contributed by atoms with Crippen molar-refractivity contribution in [1.29, 1.82) is 0 Å². The Labute approximate surface area is 156 Å². The zero-order valence-corrected chi connectivity index (χ0v) is 15.8. The predicted octanol–water partition coefficient (Wildman–Crippen LogP) is 5.35. The van der Waals surface area contributed by atoms with Crippen LogP contribution in [0.25, 0.3) is 0 Å². The third-order valence-electron chi connectivity index (χ3n) is 4.51. The van der Waals surface area contributed by atoms with Gasteiger partial charge in [0, 0.05) is 24.2 Å². The topological polar surface area (TPSA) is 12.5 Å². The second-order valence-electron chi connectivity index (χ2n) is 6.48. The third-order valence-corrected chi connectivity index (χ3v) is 4.76. The van der Waals surface area contributed by atoms with Gasteiger partial charge in [0.25, 0.3) is 0 Å². The first-order chi connectivity index (χ1) is 11.1. The van der Waals surface area contributed by atoms with E-state index < -0.39 is 0 Å². The Balaban J connectivity index is 0.00000208. The van der Waals surface area contributed by atoms with Gasteiger partial charge in [-0.15, -0.1) is 12.4 Å². The highest BCUT2D eigenvalue weighted by Crippen LogP contribution is 2.30. The van der Waals surface area contributed by atoms with Crippen LogP contribution < -0.4 is 0 Å². The van der Waals surface area contributed by atoms with Crippen LogP contribution in [-0.4, -0.2) is 30.1 Å². The maximum atomic E-state index is 6.52. The van der Waals surface area contributed by atoms with E-state index in [1.807, 2.05) is 18.2 Å². The standard InChI is InChI=1S/C20H24ClNO.ClH/c1-15(2)22-13-12-19(14-22)23-20(16-6-4-3-5-7-16)17-8-10-18(21)11-9-17;/h3-11,15,19-20H,12-14H2,1-2H3;1H. The van der Waals surface area contributed by atoms with Crippen molar-refractivity contribution in [2.75, 3.05) is 13.1 Å². The van der Waals surface area contributed by atoms with E-state index >= 15 is 0 Å². The molecule has 0 radical (unpaired) electrons. The number of nitrogens with zero attached hydrogens (tertiary/aromatic N) is 1. The Morgan fingerprint density at radius 2 is 1.62 bits per heavy atom. The molecule has 4 heteroatoms. The molecule has 1 fully saturated rings. The van der Waals surface area contributed by atoms with Crippen molar-refractivity contribution >= 4 is 24.0 Å². The van der Waals surface area contributed by atoms with Gasteiger partial charge in [0.1, 0.15) is 6.10 Å². The van der Waals surface area contributed by atoms with Gasteiger partial charge in [-0.05, 0) is 43.5 Å². The second kappa shape index (κ2) is 8.87. The fraction of sp³-hybridized carbons (Fsp3) is 0.400. The first-order valence-electron chi connectivity index (χ1n) is 8.33. The van der Waals surface area contributed by atoms with Crippen LogP contribution >= 0.6 is 24.0 Å². The molecule has 0 spiro atoms. The maximum absolute atomic E-state index is 6.52. The van der Waals surface area contributed by atoms with Gasteiger partial charge >= 0.3 is 0 Å². The molecule has 0 N–H and O–H groups in total. The summed E-state index contributed by atoms with van der Waals surface area (Å²) in [4.78, 5) is 2.48. The fourth-order valence-corrected chi connectivity index (χ4v) is 3.27. The van der Waals surface area contributed by atoms with Crippen molar-refractivity contribution < 1.29 is 4.74 Å². The minimum absolute atomic E-state index is 0. The third kappa shape index (κ3) is 4.73. The minimum atomic E-state index is -0.0365. The molecule has 2 aromatic rings. The normalized spacial score (nSPS) is 19.2. The lowest BCUT2D eigenvalue weighted by atomic mass is 10.0. The average Bonchev–Trinajstić information content (AvgIpc) is 3.03. The van der Waals surface area contributed by atoms with E-state index in [-0.39, 0.29) is 24.6 Å². The van der Waals surface area contributed by atoms with Gasteiger partial charge < -0.3 is 4.74 Å². The molecule has 0 amide bonds. The van der Waals surface area contributed by atoms with Gasteiger partial charge in [-0.25, -0.2) is 0 Å². The molecule has 1 aliphatic rings. The maximum Gasteiger partial charge on any atom is 0.108 e. The van der Waals surface area contributed by atoms with Crippen LogP contribution in [0, 0.1) is 0 Å². The SMILES string of the molecule is CC(C)N1CCC(OC(c2ccccc2)c2ccc(Cl)cc2)C1.Cl. The number of rotatable bonds is 5. The predicted molar refractivity (Wildman–Crippen MR) is 103 cm³/mol. The Morgan fingerprint density at radius 1 is 1.00 bits per heavy atom. The summed E-state index contributed by atoms with van der Waals surface area (Å²) in [5.74, 6) is 0. The van der Waals surface area contributed by atoms with Gasteiger partial charge in [0.05, 0.1) is 6.10 Å². The van der Waals surface area contributed by atoms with Gasteiger partial charge in [-0.3, -0.25) is 4.90 Å². The average molecular weight is 366 g/mol. The van der Waals surface area contributed by atoms with Crippen LogP contribution in [0.3, 0.4) is 0 Å². The summed E-state index contributed by atoms with van der Waals surface area (Å²) in [7, 11) is 0. The number of benzene rings is 2. The smallest absolute Gasteiger partial charge is 0.108 e. The molecule has 1 aliphatic heterocycles. The second-order valence-corrected chi connectivity index (χ2v) is 6.91. The Kier molecular flexibility index (Phi) is 7.12. The molecule has 0 aliphatic carbocycles. The highest BCUT2D eigenvalue weighted by molar-refractivity contribution is 6.30. The summed E-state index contributed by atoms with van der Waals surface area (Å²) in [5.41, 5.74) is 2.35. The number of hydrogen-bond donors (Lipinski definition) is 0. The number of ether oxygens (including phenoxy) is 1. The van der Waals surface area contributed by atoms with Crippen LogP contribution in [0.5, 0.6) is 0 Å². The molecule has 0 saturated carbocycles. The van der Waals surface area contributed by atoms with Crippen molar-refractivity contribution in [3.05, 3.63) is 70.7 Å². The van der Waals surface area contributed by atoms with E-state index in [4.69, 9.17) is 16.3 Å². The quantitative estimate of drug-likeness (QED) is 0.707. The largest absolute Gasteiger partial charge is 0.364 e. The molecule has 24 heavy (non-hydrogen) atoms. The lowest BCUT2D eigenvalue weighted by Gasteiger charge is -2.24. The molecule has 2 nitrogen and oxygen atoms in total. The van der Waals surface area contributed by atoms with Gasteiger partial charge in [-0.2, -0.15) is 0 Å². The highest BCUT2D eigenvalue weighted by atomic mass is 35.5. The van der Waals surface area contributed by atoms with E-state index in [1.54, 1.807) is 0 Å². The van der Waals surface area contributed by atoms with Crippen LogP contribution in [0.1, 0.15) is 37.5 Å². The van der Waals surface area contributed by atoms with E-state index in [2.05, 4.69) is 55.1 Å². The molecular formula is C20H25Cl2NO. The monoisotopic (exact) mass is 365 g/mol. The first-order valence-corrected chi connectivity index (χ1v) is 8.71. The Bertz CT molecular complexity index is 615. The van der Waals surface area contributed by atoms with Crippen LogP contribution in [0.15, 0.2) is 54.6 Å². The summed E-state index contributed by atoms with van der Waals surface area (Å²) < 4.78 is 6.52. The zero-order chi connectivity index (χ0) is 16.2. The van der Waals surface area contributed by atoms with Gasteiger partial charge in [0.15, 0.2) is 0 Å². The molecule has 2 atom stereocenters.